The van der Waals surface area contributed by atoms with Crippen molar-refractivity contribution in [3.8, 4) is 0 Å². The van der Waals surface area contributed by atoms with Gasteiger partial charge in [-0.05, 0) is 0 Å². The smallest absolute Gasteiger partial charge is 0.317 e. The quantitative estimate of drug-likeness (QED) is 0.570. The minimum atomic E-state index is -0.968. The summed E-state index contributed by atoms with van der Waals surface area (Å²) in [5.41, 5.74) is 4.57. The van der Waals surface area contributed by atoms with E-state index >= 15 is 0 Å². The van der Waals surface area contributed by atoms with Crippen molar-refractivity contribution in [1.29, 1.82) is 0 Å². The van der Waals surface area contributed by atoms with Gasteiger partial charge in [0, 0.05) is 26.2 Å². The van der Waals surface area contributed by atoms with Crippen LogP contribution in [0.2, 0.25) is 0 Å². The molecule has 0 fully saturated rings. The number of carboxylic acid groups (broad SMARTS) is 1. The second-order valence-electron chi connectivity index (χ2n) is 0.598. The van der Waals surface area contributed by atoms with Crippen LogP contribution in [0.15, 0.2) is 0 Å². The van der Waals surface area contributed by atoms with E-state index in [1.54, 1.807) is 0 Å². The fourth-order valence-corrected chi connectivity index (χ4v) is 0. The van der Waals surface area contributed by atoms with Gasteiger partial charge in [0.2, 0.25) is 0 Å². The van der Waals surface area contributed by atoms with Crippen molar-refractivity contribution in [1.82, 2.24) is 0 Å². The molecule has 0 spiro atoms. The van der Waals surface area contributed by atoms with Crippen molar-refractivity contribution >= 4 is 73.0 Å². The van der Waals surface area contributed by atoms with E-state index in [1.807, 2.05) is 0 Å². The van der Waals surface area contributed by atoms with Crippen molar-refractivity contribution in [2.24, 2.45) is 5.73 Å². The van der Waals surface area contributed by atoms with Crippen LogP contribution >= 0.6 is 49.6 Å². The topological polar surface area (TPSA) is 94.8 Å². The average Bonchev–Trinajstić information content (AvgIpc) is 1.38. The minimum absolute atomic E-state index is 0. The van der Waals surface area contributed by atoms with Crippen molar-refractivity contribution < 1.29 is 41.6 Å². The molecule has 0 saturated carbocycles. The van der Waals surface area contributed by atoms with E-state index in [9.17, 15) is 4.79 Å². The van der Waals surface area contributed by atoms with Gasteiger partial charge in [0.1, 0.15) is 0 Å². The maximum Gasteiger partial charge on any atom is 0.317 e. The normalized spacial score (nSPS) is 3.08. The van der Waals surface area contributed by atoms with E-state index in [-0.39, 0.29) is 105 Å². The Kier molecular flexibility index (Phi) is 287. The Labute approximate surface area is 126 Å². The van der Waals surface area contributed by atoms with E-state index in [4.69, 9.17) is 5.11 Å². The number of hydrogen-bond acceptors (Lipinski definition) is 2. The van der Waals surface area contributed by atoms with Gasteiger partial charge in [-0.3, -0.25) is 4.79 Å². The van der Waals surface area contributed by atoms with Gasteiger partial charge >= 0.3 is 5.97 Å². The molecule has 0 aromatic carbocycles. The summed E-state index contributed by atoms with van der Waals surface area (Å²) in [5, 5.41) is 7.60. The molecule has 12 heavy (non-hydrogen) atoms. The third-order valence-corrected chi connectivity index (χ3v) is 0.175. The Hall–Kier alpha value is 1.97. The summed E-state index contributed by atoms with van der Waals surface area (Å²) in [5.74, 6) is -0.968. The van der Waals surface area contributed by atoms with Gasteiger partial charge in [0.15, 0.2) is 17.4 Å². The summed E-state index contributed by atoms with van der Waals surface area (Å²) < 4.78 is 0. The molecule has 0 rings (SSSR count). The maximum atomic E-state index is 9.24. The zero-order valence-corrected chi connectivity index (χ0v) is 11.0. The molecule has 0 saturated heterocycles. The molecule has 80 valence electrons. The minimum Gasteiger partial charge on any atom is -0.480 e. The number of aliphatic carboxylic acids is 1. The third kappa shape index (κ3) is 91.5. The number of halogens is 4. The number of rotatable bonds is 1. The molecule has 0 aliphatic carbocycles. The van der Waals surface area contributed by atoms with Crippen LogP contribution in [0.25, 0.3) is 0 Å². The Bertz CT molecular complexity index is 63.6. The first-order chi connectivity index (χ1) is 2.27. The number of hydrogen-bond donors (Lipinski definition) is 2. The van der Waals surface area contributed by atoms with Crippen LogP contribution in [0.4, 0.5) is 0 Å². The van der Waals surface area contributed by atoms with E-state index in [0.717, 1.165) is 0 Å². The first kappa shape index (κ1) is 66.0. The maximum absolute atomic E-state index is 9.24. The molecule has 0 radical (unpaired) electrons. The SMILES string of the molecule is Cl.Cl.Cl.Cl.NCC(=O)O.O.[AlH3].[Zr]. The van der Waals surface area contributed by atoms with Crippen LogP contribution in [0.1, 0.15) is 0 Å². The zero-order valence-electron chi connectivity index (χ0n) is 5.27. The van der Waals surface area contributed by atoms with Gasteiger partial charge < -0.3 is 16.3 Å². The molecule has 0 bridgehead atoms. The van der Waals surface area contributed by atoms with Crippen LogP contribution in [-0.2, 0) is 31.0 Å². The van der Waals surface area contributed by atoms with E-state index < -0.39 is 5.97 Å². The van der Waals surface area contributed by atoms with Gasteiger partial charge in [-0.1, -0.05) is 0 Å². The van der Waals surface area contributed by atoms with E-state index in [0.29, 0.717) is 0 Å². The first-order valence-electron chi connectivity index (χ1n) is 1.19. The fourth-order valence-electron chi connectivity index (χ4n) is 0. The fraction of sp³-hybridized carbons (Fsp3) is 0.500. The third-order valence-electron chi connectivity index (χ3n) is 0.175. The largest absolute Gasteiger partial charge is 0.480 e. The Morgan fingerprint density at radius 1 is 1.17 bits per heavy atom. The summed E-state index contributed by atoms with van der Waals surface area (Å²) in [6.07, 6.45) is 0. The van der Waals surface area contributed by atoms with Crippen molar-refractivity contribution in [3.63, 3.8) is 0 Å². The van der Waals surface area contributed by atoms with Crippen LogP contribution in [0.3, 0.4) is 0 Å². The Morgan fingerprint density at radius 2 is 1.25 bits per heavy atom. The average molecular weight is 360 g/mol. The van der Waals surface area contributed by atoms with Gasteiger partial charge in [-0.25, -0.2) is 0 Å². The molecule has 0 aliphatic rings. The van der Waals surface area contributed by atoms with Crippen molar-refractivity contribution in [2.75, 3.05) is 6.54 Å². The molecule has 0 unspecified atom stereocenters. The Balaban J connectivity index is -0.00000000381. The molecule has 0 aromatic rings. The second-order valence-corrected chi connectivity index (χ2v) is 0.598. The predicted octanol–water partition coefficient (Wildman–Crippen LogP) is -1.29. The van der Waals surface area contributed by atoms with Crippen LogP contribution in [0, 0.1) is 0 Å². The van der Waals surface area contributed by atoms with Crippen LogP contribution < -0.4 is 5.73 Å². The summed E-state index contributed by atoms with van der Waals surface area (Å²) >= 11 is 0. The molecule has 0 heterocycles. The molecule has 5 N–H and O–H groups in total. The van der Waals surface area contributed by atoms with Gasteiger partial charge in [-0.15, -0.1) is 49.6 Å². The van der Waals surface area contributed by atoms with Crippen LogP contribution in [-0.4, -0.2) is 40.5 Å². The molecule has 10 heteroatoms. The predicted molar refractivity (Wildman–Crippen MR) is 59.2 cm³/mol. The van der Waals surface area contributed by atoms with Crippen molar-refractivity contribution in [2.45, 2.75) is 0 Å². The molecule has 4 nitrogen and oxygen atoms in total. The number of carboxylic acids is 1. The second kappa shape index (κ2) is 52.2. The molecule has 0 aromatic heterocycles. The van der Waals surface area contributed by atoms with Gasteiger partial charge in [0.05, 0.1) is 6.54 Å². The summed E-state index contributed by atoms with van der Waals surface area (Å²) in [6.45, 7) is -0.278. The van der Waals surface area contributed by atoms with Gasteiger partial charge in [0.25, 0.3) is 0 Å². The number of nitrogens with two attached hydrogens (primary N) is 1. The summed E-state index contributed by atoms with van der Waals surface area (Å²) in [4.78, 5) is 9.24. The molecule has 0 amide bonds. The van der Waals surface area contributed by atoms with Gasteiger partial charge in [-0.2, -0.15) is 0 Å². The monoisotopic (exact) mass is 357 g/mol. The zero-order chi connectivity index (χ0) is 4.28. The van der Waals surface area contributed by atoms with E-state index in [2.05, 4.69) is 5.73 Å². The molecular formula is C2H14AlCl4NO3Zr. The standard InChI is InChI=1S/C2H5NO2.Al.4ClH.H2O.Zr.3H/c3-1-2(4)5;;;;;;;;;;/h1,3H2,(H,4,5);;4*1H;1H2;;;;. The van der Waals surface area contributed by atoms with Crippen molar-refractivity contribution in [3.05, 3.63) is 0 Å². The van der Waals surface area contributed by atoms with E-state index in [1.165, 1.54) is 0 Å². The molecular weight excluding hydrogens is 346 g/mol. The Morgan fingerprint density at radius 3 is 1.25 bits per heavy atom. The van der Waals surface area contributed by atoms with Crippen LogP contribution in [0.5, 0.6) is 0 Å². The molecule has 0 atom stereocenters. The number of carbonyl (C=O) groups is 1. The summed E-state index contributed by atoms with van der Waals surface area (Å²) in [7, 11) is 0. The molecule has 0 aliphatic heterocycles. The first-order valence-corrected chi connectivity index (χ1v) is 1.19. The summed E-state index contributed by atoms with van der Waals surface area (Å²) in [6, 6.07) is 0.